The molecule has 2 nitrogen and oxygen atoms in total. The highest BCUT2D eigenvalue weighted by Crippen LogP contribution is 2.32. The Kier molecular flexibility index (Phi) is 2.76. The number of nitrogens with two attached hydrogens (primary N) is 1. The maximum Gasteiger partial charge on any atom is 0.108 e. The molecule has 3 aromatic carbocycles. The zero-order chi connectivity index (χ0) is 14.2. The third-order valence-corrected chi connectivity index (χ3v) is 4.04. The molecule has 0 aliphatic heterocycles. The summed E-state index contributed by atoms with van der Waals surface area (Å²) in [5.41, 5.74) is 10.0. The molecule has 2 N–H and O–H groups in total. The second-order valence-corrected chi connectivity index (χ2v) is 5.26. The summed E-state index contributed by atoms with van der Waals surface area (Å²) in [4.78, 5) is 0. The Morgan fingerprint density at radius 3 is 1.67 bits per heavy atom. The number of benzene rings is 3. The largest absolute Gasteiger partial charge is 0.320 e. The molecule has 4 rings (SSSR count). The van der Waals surface area contributed by atoms with Crippen molar-refractivity contribution in [2.75, 3.05) is 0 Å². The van der Waals surface area contributed by atoms with Gasteiger partial charge in [0.2, 0.25) is 0 Å². The Balaban J connectivity index is 2.06. The van der Waals surface area contributed by atoms with Gasteiger partial charge in [0, 0.05) is 10.8 Å². The van der Waals surface area contributed by atoms with Crippen molar-refractivity contribution in [1.82, 2.24) is 4.57 Å². The molecule has 0 aliphatic rings. The minimum absolute atomic E-state index is 0.184. The van der Waals surface area contributed by atoms with Crippen molar-refractivity contribution in [3.63, 3.8) is 0 Å². The van der Waals surface area contributed by atoms with Gasteiger partial charge in [0.05, 0.1) is 11.0 Å². The fraction of sp³-hybridized carbons (Fsp3) is 0.0526. The van der Waals surface area contributed by atoms with Crippen molar-refractivity contribution >= 4 is 21.8 Å². The van der Waals surface area contributed by atoms with Crippen LogP contribution in [0.15, 0.2) is 78.9 Å². The smallest absolute Gasteiger partial charge is 0.108 e. The first-order valence-corrected chi connectivity index (χ1v) is 7.14. The summed E-state index contributed by atoms with van der Waals surface area (Å²) in [6.07, 6.45) is -0.184. The van der Waals surface area contributed by atoms with Gasteiger partial charge in [-0.3, -0.25) is 0 Å². The van der Waals surface area contributed by atoms with Gasteiger partial charge in [0.1, 0.15) is 6.17 Å². The van der Waals surface area contributed by atoms with Gasteiger partial charge >= 0.3 is 0 Å². The highest BCUT2D eigenvalue weighted by Gasteiger charge is 2.15. The number of aromatic nitrogens is 1. The van der Waals surface area contributed by atoms with Crippen molar-refractivity contribution in [1.29, 1.82) is 0 Å². The van der Waals surface area contributed by atoms with E-state index in [1.807, 2.05) is 18.2 Å². The van der Waals surface area contributed by atoms with E-state index in [-0.39, 0.29) is 6.17 Å². The summed E-state index contributed by atoms with van der Waals surface area (Å²) < 4.78 is 2.22. The van der Waals surface area contributed by atoms with Crippen LogP contribution in [0.5, 0.6) is 0 Å². The predicted molar refractivity (Wildman–Crippen MR) is 88.2 cm³/mol. The van der Waals surface area contributed by atoms with E-state index in [9.17, 15) is 0 Å². The normalized spacial score (nSPS) is 12.8. The Hall–Kier alpha value is -2.58. The number of rotatable bonds is 2. The third-order valence-electron chi connectivity index (χ3n) is 4.04. The van der Waals surface area contributed by atoms with Crippen molar-refractivity contribution < 1.29 is 0 Å². The fourth-order valence-electron chi connectivity index (χ4n) is 3.05. The number of hydrogen-bond donors (Lipinski definition) is 1. The highest BCUT2D eigenvalue weighted by atomic mass is 15.1. The molecule has 102 valence electrons. The molecule has 0 bridgehead atoms. The molecule has 0 amide bonds. The van der Waals surface area contributed by atoms with Gasteiger partial charge in [-0.25, -0.2) is 0 Å². The average molecular weight is 272 g/mol. The van der Waals surface area contributed by atoms with Gasteiger partial charge in [-0.15, -0.1) is 0 Å². The molecule has 0 radical (unpaired) electrons. The lowest BCUT2D eigenvalue weighted by Gasteiger charge is -2.17. The lowest BCUT2D eigenvalue weighted by Crippen LogP contribution is -2.19. The van der Waals surface area contributed by atoms with Crippen LogP contribution < -0.4 is 5.73 Å². The minimum atomic E-state index is -0.184. The van der Waals surface area contributed by atoms with Crippen LogP contribution in [0.25, 0.3) is 21.8 Å². The first-order chi connectivity index (χ1) is 10.4. The van der Waals surface area contributed by atoms with Crippen molar-refractivity contribution in [2.24, 2.45) is 5.73 Å². The summed E-state index contributed by atoms with van der Waals surface area (Å²) >= 11 is 0. The molecule has 21 heavy (non-hydrogen) atoms. The van der Waals surface area contributed by atoms with Crippen molar-refractivity contribution in [2.45, 2.75) is 6.17 Å². The summed E-state index contributed by atoms with van der Waals surface area (Å²) in [5, 5.41) is 2.50. The van der Waals surface area contributed by atoms with Crippen LogP contribution in [0.1, 0.15) is 11.7 Å². The van der Waals surface area contributed by atoms with E-state index in [0.717, 1.165) is 5.56 Å². The van der Waals surface area contributed by atoms with E-state index in [0.29, 0.717) is 0 Å². The molecule has 0 aliphatic carbocycles. The molecule has 1 heterocycles. The molecule has 1 atom stereocenters. The van der Waals surface area contributed by atoms with Gasteiger partial charge in [0.25, 0.3) is 0 Å². The van der Waals surface area contributed by atoms with Crippen LogP contribution in [0.4, 0.5) is 0 Å². The Bertz CT molecular complexity index is 853. The Morgan fingerprint density at radius 1 is 0.619 bits per heavy atom. The quantitative estimate of drug-likeness (QED) is 0.579. The molecular weight excluding hydrogens is 256 g/mol. The van der Waals surface area contributed by atoms with Crippen LogP contribution in [0.3, 0.4) is 0 Å². The molecule has 1 unspecified atom stereocenters. The molecule has 4 aromatic rings. The summed E-state index contributed by atoms with van der Waals surface area (Å²) in [7, 11) is 0. The molecule has 0 saturated heterocycles. The van der Waals surface area contributed by atoms with E-state index < -0.39 is 0 Å². The van der Waals surface area contributed by atoms with Crippen molar-refractivity contribution in [3.05, 3.63) is 84.4 Å². The van der Waals surface area contributed by atoms with Gasteiger partial charge in [-0.1, -0.05) is 66.7 Å². The van der Waals surface area contributed by atoms with E-state index in [4.69, 9.17) is 5.73 Å². The van der Waals surface area contributed by atoms with Gasteiger partial charge in [-0.05, 0) is 17.7 Å². The van der Waals surface area contributed by atoms with Crippen LogP contribution in [0, 0.1) is 0 Å². The Labute approximate surface area is 123 Å². The zero-order valence-corrected chi connectivity index (χ0v) is 11.6. The number of nitrogens with zero attached hydrogens (tertiary/aromatic N) is 1. The van der Waals surface area contributed by atoms with Gasteiger partial charge < -0.3 is 10.3 Å². The van der Waals surface area contributed by atoms with Crippen LogP contribution >= 0.6 is 0 Å². The van der Waals surface area contributed by atoms with Crippen LogP contribution in [-0.2, 0) is 0 Å². The van der Waals surface area contributed by atoms with E-state index in [1.54, 1.807) is 0 Å². The maximum atomic E-state index is 6.56. The molecule has 0 saturated carbocycles. The maximum absolute atomic E-state index is 6.56. The predicted octanol–water partition coefficient (Wildman–Crippen LogP) is 4.30. The van der Waals surface area contributed by atoms with Crippen LogP contribution in [-0.4, -0.2) is 4.57 Å². The topological polar surface area (TPSA) is 30.9 Å². The summed E-state index contributed by atoms with van der Waals surface area (Å²) in [6.45, 7) is 0. The molecule has 2 heteroatoms. The van der Waals surface area contributed by atoms with Gasteiger partial charge in [-0.2, -0.15) is 0 Å². The Morgan fingerprint density at radius 2 is 1.10 bits per heavy atom. The second-order valence-electron chi connectivity index (χ2n) is 5.26. The number of hydrogen-bond acceptors (Lipinski definition) is 1. The molecular formula is C19H16N2. The van der Waals surface area contributed by atoms with E-state index >= 15 is 0 Å². The van der Waals surface area contributed by atoms with Crippen LogP contribution in [0.2, 0.25) is 0 Å². The highest BCUT2D eigenvalue weighted by molar-refractivity contribution is 6.08. The number of para-hydroxylation sites is 2. The molecule has 1 aromatic heterocycles. The first kappa shape index (κ1) is 12.2. The second kappa shape index (κ2) is 4.76. The fourth-order valence-corrected chi connectivity index (χ4v) is 3.05. The van der Waals surface area contributed by atoms with Gasteiger partial charge in [0.15, 0.2) is 0 Å². The van der Waals surface area contributed by atoms with E-state index in [2.05, 4.69) is 65.2 Å². The number of fused-ring (bicyclic) bond motifs is 3. The lowest BCUT2D eigenvalue weighted by molar-refractivity contribution is 0.652. The lowest BCUT2D eigenvalue weighted by atomic mass is 10.1. The monoisotopic (exact) mass is 272 g/mol. The third kappa shape index (κ3) is 1.84. The summed E-state index contributed by atoms with van der Waals surface area (Å²) in [6, 6.07) is 27.1. The summed E-state index contributed by atoms with van der Waals surface area (Å²) in [5.74, 6) is 0. The SMILES string of the molecule is NC(c1ccccc1)n1c2ccccc2c2ccccc21. The standard InChI is InChI=1S/C19H16N2/c20-19(14-8-2-1-3-9-14)21-17-12-6-4-10-15(17)16-11-5-7-13-18(16)21/h1-13,19H,20H2. The zero-order valence-electron chi connectivity index (χ0n) is 11.6. The molecule has 0 spiro atoms. The average Bonchev–Trinajstić information content (AvgIpc) is 2.90. The van der Waals surface area contributed by atoms with Crippen molar-refractivity contribution in [3.8, 4) is 0 Å². The minimum Gasteiger partial charge on any atom is -0.320 e. The van der Waals surface area contributed by atoms with E-state index in [1.165, 1.54) is 21.8 Å². The first-order valence-electron chi connectivity index (χ1n) is 7.14. The molecule has 0 fully saturated rings.